The Hall–Kier alpha value is -2.45. The Morgan fingerprint density at radius 3 is 2.73 bits per heavy atom. The molecule has 0 amide bonds. The highest BCUT2D eigenvalue weighted by Crippen LogP contribution is 2.36. The van der Waals surface area contributed by atoms with Crippen molar-refractivity contribution in [1.82, 2.24) is 14.6 Å². The fourth-order valence-electron chi connectivity index (χ4n) is 3.33. The highest BCUT2D eigenvalue weighted by Gasteiger charge is 2.34. The molecule has 1 aliphatic rings. The number of nitrogens with one attached hydrogen (secondary N) is 1. The molecule has 3 aromatic rings. The molecule has 26 heavy (non-hydrogen) atoms. The smallest absolute Gasteiger partial charge is 0.275 e. The second kappa shape index (κ2) is 7.05. The van der Waals surface area contributed by atoms with E-state index >= 15 is 0 Å². The summed E-state index contributed by atoms with van der Waals surface area (Å²) in [6.45, 7) is 2.18. The predicted molar refractivity (Wildman–Crippen MR) is 100 cm³/mol. The van der Waals surface area contributed by atoms with Gasteiger partial charge in [0.05, 0.1) is 7.11 Å². The first-order valence-corrected chi connectivity index (χ1v) is 9.33. The zero-order valence-electron chi connectivity index (χ0n) is 14.5. The first kappa shape index (κ1) is 17.0. The maximum atomic E-state index is 11.9. The van der Waals surface area contributed by atoms with Crippen LogP contribution in [0.5, 0.6) is 5.75 Å². The Labute approximate surface area is 154 Å². The van der Waals surface area contributed by atoms with Crippen LogP contribution in [-0.4, -0.2) is 41.5 Å². The molecule has 1 saturated heterocycles. The fourth-order valence-corrected chi connectivity index (χ4v) is 4.10. The normalized spacial score (nSPS) is 16.5. The molecule has 0 unspecified atom stereocenters. The Bertz CT molecular complexity index is 945. The van der Waals surface area contributed by atoms with Crippen molar-refractivity contribution in [2.45, 2.75) is 18.3 Å². The van der Waals surface area contributed by atoms with Gasteiger partial charge in [-0.3, -0.25) is 4.79 Å². The van der Waals surface area contributed by atoms with Crippen molar-refractivity contribution >= 4 is 21.4 Å². The summed E-state index contributed by atoms with van der Waals surface area (Å²) < 4.78 is 12.2. The molecule has 3 heterocycles. The lowest BCUT2D eigenvalue weighted by molar-refractivity contribution is 0.0544. The van der Waals surface area contributed by atoms with Gasteiger partial charge in [0.25, 0.3) is 5.56 Å². The molecule has 1 fully saturated rings. The van der Waals surface area contributed by atoms with Crippen LogP contribution in [0.15, 0.2) is 41.3 Å². The highest BCUT2D eigenvalue weighted by atomic mass is 32.1. The van der Waals surface area contributed by atoms with Crippen LogP contribution in [0.1, 0.15) is 18.4 Å². The maximum Gasteiger partial charge on any atom is 0.275 e. The first-order chi connectivity index (χ1) is 12.7. The third-order valence-corrected chi connectivity index (χ3v) is 5.78. The van der Waals surface area contributed by atoms with Gasteiger partial charge in [-0.1, -0.05) is 23.5 Å². The van der Waals surface area contributed by atoms with Gasteiger partial charge >= 0.3 is 0 Å². The van der Waals surface area contributed by atoms with Gasteiger partial charge in [-0.05, 0) is 30.5 Å². The van der Waals surface area contributed by atoms with E-state index in [2.05, 4.69) is 27.5 Å². The van der Waals surface area contributed by atoms with Crippen molar-refractivity contribution in [2.24, 2.45) is 0 Å². The molecule has 0 bridgehead atoms. The largest absolute Gasteiger partial charge is 0.497 e. The SMILES string of the molecule is COc1ccc(C2(CNc3nn4c(=O)ccnc4s3)CCOCC2)cc1. The van der Waals surface area contributed by atoms with E-state index in [1.54, 1.807) is 7.11 Å². The average Bonchev–Trinajstić information content (AvgIpc) is 3.12. The summed E-state index contributed by atoms with van der Waals surface area (Å²) in [7, 11) is 1.67. The molecule has 0 spiro atoms. The Kier molecular flexibility index (Phi) is 4.60. The van der Waals surface area contributed by atoms with Gasteiger partial charge in [-0.15, -0.1) is 5.10 Å². The summed E-state index contributed by atoms with van der Waals surface area (Å²) >= 11 is 1.38. The molecule has 0 atom stereocenters. The van der Waals surface area contributed by atoms with Crippen LogP contribution in [0.2, 0.25) is 0 Å². The Morgan fingerprint density at radius 2 is 2.04 bits per heavy atom. The minimum absolute atomic E-state index is 0.0409. The van der Waals surface area contributed by atoms with Crippen LogP contribution < -0.4 is 15.6 Å². The summed E-state index contributed by atoms with van der Waals surface area (Å²) in [6.07, 6.45) is 3.36. The average molecular weight is 372 g/mol. The van der Waals surface area contributed by atoms with Crippen LogP contribution in [-0.2, 0) is 10.2 Å². The van der Waals surface area contributed by atoms with Gasteiger partial charge in [-0.2, -0.15) is 4.52 Å². The van der Waals surface area contributed by atoms with E-state index in [1.165, 1.54) is 33.7 Å². The number of ether oxygens (including phenoxy) is 2. The summed E-state index contributed by atoms with van der Waals surface area (Å²) in [5, 5.41) is 8.46. The zero-order chi connectivity index (χ0) is 18.0. The topological polar surface area (TPSA) is 77.8 Å². The molecule has 8 heteroatoms. The van der Waals surface area contributed by atoms with Gasteiger partial charge in [0.2, 0.25) is 10.1 Å². The molecular weight excluding hydrogens is 352 g/mol. The molecule has 2 aromatic heterocycles. The third kappa shape index (κ3) is 3.17. The monoisotopic (exact) mass is 372 g/mol. The first-order valence-electron chi connectivity index (χ1n) is 8.51. The summed E-state index contributed by atoms with van der Waals surface area (Å²) in [5.74, 6) is 0.848. The number of aromatic nitrogens is 3. The number of benzene rings is 1. The Morgan fingerprint density at radius 1 is 1.27 bits per heavy atom. The number of hydrogen-bond donors (Lipinski definition) is 1. The van der Waals surface area contributed by atoms with Crippen LogP contribution in [0.4, 0.5) is 5.13 Å². The molecule has 136 valence electrons. The Balaban J connectivity index is 1.60. The summed E-state index contributed by atoms with van der Waals surface area (Å²) in [5.41, 5.74) is 1.04. The molecule has 0 saturated carbocycles. The standard InChI is InChI=1S/C18H20N4O3S/c1-24-14-4-2-13(3-5-14)18(7-10-25-11-8-18)12-20-16-21-22-15(23)6-9-19-17(22)26-16/h2-6,9H,7-8,10-12H2,1H3,(H,20,21). The third-order valence-electron chi connectivity index (χ3n) is 4.90. The molecule has 0 aliphatic carbocycles. The number of fused-ring (bicyclic) bond motifs is 1. The second-order valence-corrected chi connectivity index (χ2v) is 7.32. The maximum absolute atomic E-state index is 11.9. The van der Waals surface area contributed by atoms with Crippen LogP contribution in [0.3, 0.4) is 0 Å². The van der Waals surface area contributed by atoms with Crippen LogP contribution in [0.25, 0.3) is 4.96 Å². The van der Waals surface area contributed by atoms with Crippen molar-refractivity contribution in [3.05, 3.63) is 52.4 Å². The van der Waals surface area contributed by atoms with Gasteiger partial charge < -0.3 is 14.8 Å². The number of methoxy groups -OCH3 is 1. The molecule has 0 radical (unpaired) electrons. The van der Waals surface area contributed by atoms with Gasteiger partial charge in [0, 0.05) is 37.4 Å². The molecule has 1 aromatic carbocycles. The highest BCUT2D eigenvalue weighted by molar-refractivity contribution is 7.20. The van der Waals surface area contributed by atoms with Crippen molar-refractivity contribution in [3.63, 3.8) is 0 Å². The minimum atomic E-state index is -0.171. The lowest BCUT2D eigenvalue weighted by atomic mass is 9.74. The molecule has 1 N–H and O–H groups in total. The zero-order valence-corrected chi connectivity index (χ0v) is 15.3. The van der Waals surface area contributed by atoms with Gasteiger partial charge in [0.1, 0.15) is 5.75 Å². The van der Waals surface area contributed by atoms with Crippen molar-refractivity contribution in [3.8, 4) is 5.75 Å². The number of hydrogen-bond acceptors (Lipinski definition) is 7. The minimum Gasteiger partial charge on any atom is -0.497 e. The molecule has 7 nitrogen and oxygen atoms in total. The lowest BCUT2D eigenvalue weighted by Crippen LogP contribution is -2.40. The number of anilines is 1. The fraction of sp³-hybridized carbons (Fsp3) is 0.389. The second-order valence-electron chi connectivity index (χ2n) is 6.36. The van der Waals surface area contributed by atoms with Crippen LogP contribution >= 0.6 is 11.3 Å². The summed E-state index contributed by atoms with van der Waals surface area (Å²) in [6, 6.07) is 9.64. The van der Waals surface area contributed by atoms with Crippen molar-refractivity contribution in [2.75, 3.05) is 32.2 Å². The van der Waals surface area contributed by atoms with E-state index in [4.69, 9.17) is 9.47 Å². The predicted octanol–water partition coefficient (Wildman–Crippen LogP) is 2.32. The van der Waals surface area contributed by atoms with Crippen LogP contribution in [0, 0.1) is 0 Å². The van der Waals surface area contributed by atoms with Gasteiger partial charge in [-0.25, -0.2) is 4.98 Å². The summed E-state index contributed by atoms with van der Waals surface area (Å²) in [4.78, 5) is 16.6. The quantitative estimate of drug-likeness (QED) is 0.741. The van der Waals surface area contributed by atoms with Crippen molar-refractivity contribution in [1.29, 1.82) is 0 Å². The van der Waals surface area contributed by atoms with E-state index in [9.17, 15) is 4.79 Å². The van der Waals surface area contributed by atoms with E-state index in [0.29, 0.717) is 10.1 Å². The number of rotatable bonds is 5. The van der Waals surface area contributed by atoms with E-state index in [0.717, 1.165) is 38.3 Å². The van der Waals surface area contributed by atoms with Gasteiger partial charge in [0.15, 0.2) is 0 Å². The molecule has 4 rings (SSSR count). The van der Waals surface area contributed by atoms with Crippen molar-refractivity contribution < 1.29 is 9.47 Å². The number of nitrogens with zero attached hydrogens (tertiary/aromatic N) is 3. The van der Waals surface area contributed by atoms with E-state index < -0.39 is 0 Å². The van der Waals surface area contributed by atoms with E-state index in [1.807, 2.05) is 12.1 Å². The molecular formula is C18H20N4O3S. The lowest BCUT2D eigenvalue weighted by Gasteiger charge is -2.38. The molecule has 1 aliphatic heterocycles. The van der Waals surface area contributed by atoms with E-state index in [-0.39, 0.29) is 11.0 Å².